The number of terminal acetylenes is 1. The third-order valence-corrected chi connectivity index (χ3v) is 3.51. The molecule has 102 valence electrons. The maximum absolute atomic E-state index is 5.56. The lowest BCUT2D eigenvalue weighted by molar-refractivity contribution is 0.478. The van der Waals surface area contributed by atoms with Crippen LogP contribution in [0.4, 0.5) is 0 Å². The van der Waals surface area contributed by atoms with Crippen LogP contribution in [0.2, 0.25) is 0 Å². The summed E-state index contributed by atoms with van der Waals surface area (Å²) >= 11 is 0. The summed E-state index contributed by atoms with van der Waals surface area (Å²) in [5.74, 6) is 3.10. The second kappa shape index (κ2) is 6.41. The summed E-state index contributed by atoms with van der Waals surface area (Å²) in [5, 5.41) is 3.47. The van der Waals surface area contributed by atoms with Crippen molar-refractivity contribution >= 4 is 0 Å². The summed E-state index contributed by atoms with van der Waals surface area (Å²) in [5.41, 5.74) is 2.32. The van der Waals surface area contributed by atoms with Gasteiger partial charge in [-0.15, -0.1) is 6.42 Å². The molecule has 2 aromatic rings. The van der Waals surface area contributed by atoms with Crippen LogP contribution in [0.5, 0.6) is 0 Å². The van der Waals surface area contributed by atoms with Gasteiger partial charge in [0.2, 0.25) is 0 Å². The molecule has 20 heavy (non-hydrogen) atoms. The zero-order valence-corrected chi connectivity index (χ0v) is 12.1. The van der Waals surface area contributed by atoms with E-state index in [0.717, 1.165) is 6.54 Å². The fraction of sp³-hybridized carbons (Fsp3) is 0.263. The van der Waals surface area contributed by atoms with E-state index >= 15 is 0 Å². The number of benzene rings is 2. The van der Waals surface area contributed by atoms with E-state index in [4.69, 9.17) is 6.42 Å². The van der Waals surface area contributed by atoms with Crippen LogP contribution in [-0.4, -0.2) is 12.1 Å². The third kappa shape index (κ3) is 3.73. The maximum atomic E-state index is 5.56. The van der Waals surface area contributed by atoms with E-state index in [9.17, 15) is 0 Å². The summed E-state index contributed by atoms with van der Waals surface area (Å²) in [6.07, 6.45) is 5.56. The highest BCUT2D eigenvalue weighted by atomic mass is 14.9. The van der Waals surface area contributed by atoms with Crippen molar-refractivity contribution in [3.63, 3.8) is 0 Å². The van der Waals surface area contributed by atoms with Crippen molar-refractivity contribution in [1.82, 2.24) is 5.32 Å². The second-order valence-corrected chi connectivity index (χ2v) is 5.52. The molecule has 2 rings (SSSR count). The Labute approximate surface area is 122 Å². The normalized spacial score (nSPS) is 11.3. The van der Waals surface area contributed by atoms with Crippen LogP contribution in [0.15, 0.2) is 60.7 Å². The predicted octanol–water partition coefficient (Wildman–Crippen LogP) is 3.82. The van der Waals surface area contributed by atoms with Gasteiger partial charge in [0.15, 0.2) is 0 Å². The van der Waals surface area contributed by atoms with Crippen molar-refractivity contribution in [2.75, 3.05) is 6.54 Å². The van der Waals surface area contributed by atoms with Crippen molar-refractivity contribution in [2.45, 2.75) is 25.3 Å². The van der Waals surface area contributed by atoms with Crippen LogP contribution >= 0.6 is 0 Å². The molecule has 0 aromatic heterocycles. The van der Waals surface area contributed by atoms with E-state index in [1.807, 2.05) is 26.0 Å². The van der Waals surface area contributed by atoms with E-state index in [2.05, 4.69) is 59.8 Å². The lowest BCUT2D eigenvalue weighted by Crippen LogP contribution is -2.40. The molecule has 0 radical (unpaired) electrons. The zero-order valence-electron chi connectivity index (χ0n) is 12.1. The van der Waals surface area contributed by atoms with Crippen molar-refractivity contribution in [3.8, 4) is 12.3 Å². The van der Waals surface area contributed by atoms with Crippen LogP contribution in [0.25, 0.3) is 0 Å². The molecule has 0 fully saturated rings. The van der Waals surface area contributed by atoms with Crippen molar-refractivity contribution in [3.05, 3.63) is 71.8 Å². The maximum Gasteiger partial charge on any atom is 0.0741 e. The van der Waals surface area contributed by atoms with Gasteiger partial charge < -0.3 is 5.32 Å². The first-order valence-corrected chi connectivity index (χ1v) is 6.95. The van der Waals surface area contributed by atoms with Gasteiger partial charge in [0.05, 0.1) is 5.54 Å². The van der Waals surface area contributed by atoms with Gasteiger partial charge in [-0.3, -0.25) is 0 Å². The molecule has 2 aromatic carbocycles. The third-order valence-electron chi connectivity index (χ3n) is 3.51. The summed E-state index contributed by atoms with van der Waals surface area (Å²) in [6, 6.07) is 21.1. The second-order valence-electron chi connectivity index (χ2n) is 5.52. The molecular formula is C19H21N. The number of hydrogen-bond acceptors (Lipinski definition) is 1. The molecule has 0 spiro atoms. The molecule has 1 heteroatoms. The van der Waals surface area contributed by atoms with Gasteiger partial charge >= 0.3 is 0 Å². The Hall–Kier alpha value is -2.04. The van der Waals surface area contributed by atoms with Gasteiger partial charge in [-0.1, -0.05) is 66.6 Å². The Balaban J connectivity index is 2.25. The smallest absolute Gasteiger partial charge is 0.0741 e. The molecular weight excluding hydrogens is 242 g/mol. The molecule has 0 aliphatic carbocycles. The van der Waals surface area contributed by atoms with Gasteiger partial charge in [0.1, 0.15) is 0 Å². The molecule has 0 saturated carbocycles. The standard InChI is InChI=1S/C19H21N/c1-4-19(2,3)20-15-18(16-11-7-5-8-12-16)17-13-9-6-10-14-17/h1,5-14,18,20H,15H2,2-3H3. The highest BCUT2D eigenvalue weighted by molar-refractivity contribution is 5.33. The number of nitrogens with one attached hydrogen (secondary N) is 1. The van der Waals surface area contributed by atoms with Crippen molar-refractivity contribution in [2.24, 2.45) is 0 Å². The molecule has 0 aliphatic rings. The van der Waals surface area contributed by atoms with E-state index in [1.165, 1.54) is 11.1 Å². The highest BCUT2D eigenvalue weighted by Crippen LogP contribution is 2.24. The van der Waals surface area contributed by atoms with Crippen LogP contribution < -0.4 is 5.32 Å². The van der Waals surface area contributed by atoms with Crippen LogP contribution in [0, 0.1) is 12.3 Å². The molecule has 0 saturated heterocycles. The zero-order chi connectivity index (χ0) is 14.4. The van der Waals surface area contributed by atoms with Gasteiger partial charge in [-0.2, -0.15) is 0 Å². The first kappa shape index (κ1) is 14.4. The predicted molar refractivity (Wildman–Crippen MR) is 85.6 cm³/mol. The summed E-state index contributed by atoms with van der Waals surface area (Å²) < 4.78 is 0. The fourth-order valence-electron chi connectivity index (χ4n) is 2.21. The SMILES string of the molecule is C#CC(C)(C)NCC(c1ccccc1)c1ccccc1. The Bertz CT molecular complexity index is 524. The van der Waals surface area contributed by atoms with E-state index in [1.54, 1.807) is 0 Å². The lowest BCUT2D eigenvalue weighted by Gasteiger charge is -2.25. The lowest BCUT2D eigenvalue weighted by atomic mass is 9.90. The molecule has 0 unspecified atom stereocenters. The molecule has 0 aliphatic heterocycles. The van der Waals surface area contributed by atoms with Crippen molar-refractivity contribution in [1.29, 1.82) is 0 Å². The number of hydrogen-bond donors (Lipinski definition) is 1. The fourth-order valence-corrected chi connectivity index (χ4v) is 2.21. The minimum Gasteiger partial charge on any atom is -0.301 e. The van der Waals surface area contributed by atoms with Gasteiger partial charge in [0.25, 0.3) is 0 Å². The number of rotatable bonds is 5. The van der Waals surface area contributed by atoms with Gasteiger partial charge in [-0.05, 0) is 25.0 Å². The minimum absolute atomic E-state index is 0.290. The highest BCUT2D eigenvalue weighted by Gasteiger charge is 2.18. The Kier molecular flexibility index (Phi) is 4.61. The molecule has 0 heterocycles. The van der Waals surface area contributed by atoms with E-state index < -0.39 is 0 Å². The molecule has 0 atom stereocenters. The van der Waals surface area contributed by atoms with E-state index in [-0.39, 0.29) is 5.54 Å². The van der Waals surface area contributed by atoms with Crippen molar-refractivity contribution < 1.29 is 0 Å². The van der Waals surface area contributed by atoms with E-state index in [0.29, 0.717) is 5.92 Å². The summed E-state index contributed by atoms with van der Waals surface area (Å²) in [7, 11) is 0. The average Bonchev–Trinajstić information content (AvgIpc) is 2.49. The van der Waals surface area contributed by atoms with Gasteiger partial charge in [-0.25, -0.2) is 0 Å². The Morgan fingerprint density at radius 2 is 1.40 bits per heavy atom. The quantitative estimate of drug-likeness (QED) is 0.809. The summed E-state index contributed by atoms with van der Waals surface area (Å²) in [6.45, 7) is 4.88. The van der Waals surface area contributed by atoms with Crippen LogP contribution in [-0.2, 0) is 0 Å². The van der Waals surface area contributed by atoms with Crippen LogP contribution in [0.1, 0.15) is 30.9 Å². The Morgan fingerprint density at radius 3 is 1.80 bits per heavy atom. The first-order valence-electron chi connectivity index (χ1n) is 6.95. The molecule has 0 bridgehead atoms. The topological polar surface area (TPSA) is 12.0 Å². The first-order chi connectivity index (χ1) is 9.62. The minimum atomic E-state index is -0.290. The summed E-state index contributed by atoms with van der Waals surface area (Å²) in [4.78, 5) is 0. The largest absolute Gasteiger partial charge is 0.301 e. The van der Waals surface area contributed by atoms with Gasteiger partial charge in [0, 0.05) is 12.5 Å². The molecule has 0 amide bonds. The monoisotopic (exact) mass is 263 g/mol. The average molecular weight is 263 g/mol. The van der Waals surface area contributed by atoms with Crippen LogP contribution in [0.3, 0.4) is 0 Å². The Morgan fingerprint density at radius 1 is 0.950 bits per heavy atom. The molecule has 1 N–H and O–H groups in total. The molecule has 1 nitrogen and oxygen atoms in total.